The van der Waals surface area contributed by atoms with Gasteiger partial charge in [0.2, 0.25) is 0 Å². The molecule has 0 aromatic carbocycles. The Morgan fingerprint density at radius 2 is 2.18 bits per heavy atom. The monoisotopic (exact) mass is 238 g/mol. The number of nitrogens with one attached hydrogen (secondary N) is 1. The highest BCUT2D eigenvalue weighted by atomic mass is 16.5. The van der Waals surface area contributed by atoms with Crippen molar-refractivity contribution in [3.63, 3.8) is 0 Å². The van der Waals surface area contributed by atoms with Crippen LogP contribution >= 0.6 is 0 Å². The maximum atomic E-state index is 5.42. The summed E-state index contributed by atoms with van der Waals surface area (Å²) in [4.78, 5) is 2.72. The molecule has 0 bridgehead atoms. The van der Waals surface area contributed by atoms with Crippen molar-refractivity contribution >= 4 is 0 Å². The zero-order valence-electron chi connectivity index (χ0n) is 11.0. The Labute approximate surface area is 105 Å². The van der Waals surface area contributed by atoms with E-state index in [9.17, 15) is 0 Å². The molecule has 3 rings (SSSR count). The van der Waals surface area contributed by atoms with Crippen LogP contribution < -0.4 is 5.32 Å². The zero-order chi connectivity index (χ0) is 11.7. The van der Waals surface area contributed by atoms with Gasteiger partial charge >= 0.3 is 0 Å². The van der Waals surface area contributed by atoms with E-state index in [1.807, 2.05) is 0 Å². The van der Waals surface area contributed by atoms with Gasteiger partial charge in [0.05, 0.1) is 0 Å². The van der Waals surface area contributed by atoms with Crippen LogP contribution in [0, 0.1) is 5.92 Å². The Kier molecular flexibility index (Phi) is 3.69. The Morgan fingerprint density at radius 3 is 2.88 bits per heavy atom. The third-order valence-electron chi connectivity index (χ3n) is 4.65. The predicted octanol–water partition coefficient (Wildman–Crippen LogP) is 1.63. The molecular formula is C14H26N2O. The number of hydrogen-bond acceptors (Lipinski definition) is 3. The van der Waals surface area contributed by atoms with Gasteiger partial charge in [0.1, 0.15) is 0 Å². The second-order valence-corrected chi connectivity index (χ2v) is 6.18. The summed E-state index contributed by atoms with van der Waals surface area (Å²) in [6.45, 7) is 6.85. The fraction of sp³-hybridized carbons (Fsp3) is 1.00. The molecule has 1 N–H and O–H groups in total. The summed E-state index contributed by atoms with van der Waals surface area (Å²) in [5, 5.41) is 3.75. The van der Waals surface area contributed by atoms with Gasteiger partial charge in [-0.05, 0) is 51.5 Å². The third-order valence-corrected chi connectivity index (χ3v) is 4.65. The van der Waals surface area contributed by atoms with Crippen molar-refractivity contribution in [1.29, 1.82) is 0 Å². The van der Waals surface area contributed by atoms with Gasteiger partial charge in [-0.25, -0.2) is 0 Å². The summed E-state index contributed by atoms with van der Waals surface area (Å²) in [5.74, 6) is 0.820. The normalized spacial score (nSPS) is 39.0. The van der Waals surface area contributed by atoms with Gasteiger partial charge in [-0.2, -0.15) is 0 Å². The van der Waals surface area contributed by atoms with Crippen molar-refractivity contribution in [3.05, 3.63) is 0 Å². The number of ether oxygens (including phenoxy) is 1. The van der Waals surface area contributed by atoms with E-state index >= 15 is 0 Å². The van der Waals surface area contributed by atoms with E-state index in [4.69, 9.17) is 4.74 Å². The van der Waals surface area contributed by atoms with E-state index in [2.05, 4.69) is 17.1 Å². The van der Waals surface area contributed by atoms with Crippen molar-refractivity contribution in [2.45, 2.75) is 57.2 Å². The van der Waals surface area contributed by atoms with Gasteiger partial charge in [-0.15, -0.1) is 0 Å². The van der Waals surface area contributed by atoms with E-state index in [0.29, 0.717) is 0 Å². The molecule has 1 aliphatic carbocycles. The summed E-state index contributed by atoms with van der Waals surface area (Å²) < 4.78 is 5.42. The molecule has 3 nitrogen and oxygen atoms in total. The first-order valence-electron chi connectivity index (χ1n) is 7.40. The minimum Gasteiger partial charge on any atom is -0.381 e. The van der Waals surface area contributed by atoms with Gasteiger partial charge in [0.15, 0.2) is 0 Å². The third kappa shape index (κ3) is 3.01. The Morgan fingerprint density at radius 1 is 1.29 bits per heavy atom. The minimum atomic E-state index is 0.743. The first-order chi connectivity index (χ1) is 8.33. The van der Waals surface area contributed by atoms with Crippen molar-refractivity contribution < 1.29 is 4.74 Å². The number of rotatable bonds is 5. The minimum absolute atomic E-state index is 0.743. The number of likely N-dealkylation sites (tertiary alicyclic amines) is 1. The van der Waals surface area contributed by atoms with Gasteiger partial charge < -0.3 is 10.1 Å². The molecule has 0 amide bonds. The van der Waals surface area contributed by atoms with Crippen LogP contribution in [0.25, 0.3) is 0 Å². The van der Waals surface area contributed by atoms with Crippen molar-refractivity contribution in [3.8, 4) is 0 Å². The second kappa shape index (κ2) is 5.25. The van der Waals surface area contributed by atoms with Crippen LogP contribution in [0.4, 0.5) is 0 Å². The predicted molar refractivity (Wildman–Crippen MR) is 69.1 cm³/mol. The van der Waals surface area contributed by atoms with Crippen molar-refractivity contribution in [1.82, 2.24) is 10.2 Å². The number of hydrogen-bond donors (Lipinski definition) is 1. The first kappa shape index (κ1) is 11.9. The van der Waals surface area contributed by atoms with E-state index in [-0.39, 0.29) is 0 Å². The molecule has 3 fully saturated rings. The van der Waals surface area contributed by atoms with E-state index in [0.717, 1.165) is 37.3 Å². The molecule has 0 radical (unpaired) electrons. The maximum absolute atomic E-state index is 5.42. The molecule has 3 unspecified atom stereocenters. The summed E-state index contributed by atoms with van der Waals surface area (Å²) in [7, 11) is 0. The largest absolute Gasteiger partial charge is 0.381 e. The van der Waals surface area contributed by atoms with E-state index < -0.39 is 0 Å². The molecule has 3 heteroatoms. The summed E-state index contributed by atoms with van der Waals surface area (Å²) in [6, 6.07) is 2.47. The van der Waals surface area contributed by atoms with E-state index in [1.165, 1.54) is 45.2 Å². The molecule has 2 aliphatic heterocycles. The zero-order valence-corrected chi connectivity index (χ0v) is 11.0. The highest BCUT2D eigenvalue weighted by Gasteiger charge is 2.38. The highest BCUT2D eigenvalue weighted by Crippen LogP contribution is 2.33. The van der Waals surface area contributed by atoms with Gasteiger partial charge in [0, 0.05) is 37.9 Å². The molecule has 3 aliphatic rings. The quantitative estimate of drug-likeness (QED) is 0.788. The van der Waals surface area contributed by atoms with Crippen LogP contribution in [0.3, 0.4) is 0 Å². The molecule has 2 heterocycles. The topological polar surface area (TPSA) is 24.5 Å². The SMILES string of the molecule is CC1CC(NCCC2CCOC2)CN1C1CC1. The molecule has 3 atom stereocenters. The molecule has 0 aromatic rings. The Hall–Kier alpha value is -0.120. The lowest BCUT2D eigenvalue weighted by Gasteiger charge is -2.20. The first-order valence-corrected chi connectivity index (χ1v) is 7.40. The molecule has 17 heavy (non-hydrogen) atoms. The lowest BCUT2D eigenvalue weighted by molar-refractivity contribution is 0.184. The van der Waals surface area contributed by atoms with Crippen LogP contribution in [0.2, 0.25) is 0 Å². The smallest absolute Gasteiger partial charge is 0.0495 e. The number of nitrogens with zero attached hydrogens (tertiary/aromatic N) is 1. The van der Waals surface area contributed by atoms with Crippen LogP contribution in [-0.4, -0.2) is 49.3 Å². The summed E-state index contributed by atoms with van der Waals surface area (Å²) >= 11 is 0. The lowest BCUT2D eigenvalue weighted by Crippen LogP contribution is -2.35. The maximum Gasteiger partial charge on any atom is 0.0495 e. The van der Waals surface area contributed by atoms with Crippen LogP contribution in [0.15, 0.2) is 0 Å². The highest BCUT2D eigenvalue weighted by molar-refractivity contribution is 4.95. The standard InChI is InChI=1S/C14H26N2O/c1-11-8-13(9-16(11)14-2-3-14)15-6-4-12-5-7-17-10-12/h11-15H,2-10H2,1H3. The molecule has 1 saturated carbocycles. The fourth-order valence-corrected chi connectivity index (χ4v) is 3.42. The Balaban J connectivity index is 1.35. The van der Waals surface area contributed by atoms with Crippen LogP contribution in [0.1, 0.15) is 39.0 Å². The molecule has 98 valence electrons. The van der Waals surface area contributed by atoms with Gasteiger partial charge in [-0.1, -0.05) is 0 Å². The van der Waals surface area contributed by atoms with Gasteiger partial charge in [-0.3, -0.25) is 4.90 Å². The summed E-state index contributed by atoms with van der Waals surface area (Å²) in [6.07, 6.45) is 6.80. The van der Waals surface area contributed by atoms with Crippen LogP contribution in [0.5, 0.6) is 0 Å². The molecule has 0 spiro atoms. The lowest BCUT2D eigenvalue weighted by atomic mass is 10.1. The van der Waals surface area contributed by atoms with Crippen molar-refractivity contribution in [2.24, 2.45) is 5.92 Å². The second-order valence-electron chi connectivity index (χ2n) is 6.18. The van der Waals surface area contributed by atoms with Gasteiger partial charge in [0.25, 0.3) is 0 Å². The molecule has 0 aromatic heterocycles. The van der Waals surface area contributed by atoms with Crippen molar-refractivity contribution in [2.75, 3.05) is 26.3 Å². The molecule has 2 saturated heterocycles. The fourth-order valence-electron chi connectivity index (χ4n) is 3.42. The average Bonchev–Trinajstić information content (AvgIpc) is 2.89. The van der Waals surface area contributed by atoms with E-state index in [1.54, 1.807) is 0 Å². The molecular weight excluding hydrogens is 212 g/mol. The Bertz CT molecular complexity index is 249. The average molecular weight is 238 g/mol. The summed E-state index contributed by atoms with van der Waals surface area (Å²) in [5.41, 5.74) is 0. The van der Waals surface area contributed by atoms with Crippen LogP contribution in [-0.2, 0) is 4.74 Å².